The molecule has 0 aliphatic carbocycles. The smallest absolute Gasteiger partial charge is 0.410 e. The summed E-state index contributed by atoms with van der Waals surface area (Å²) in [6.45, 7) is 7.61. The van der Waals surface area contributed by atoms with Crippen molar-refractivity contribution in [1.29, 1.82) is 0 Å². The summed E-state index contributed by atoms with van der Waals surface area (Å²) in [5.41, 5.74) is 0.761. The average molecular weight is 340 g/mol. The van der Waals surface area contributed by atoms with Gasteiger partial charge >= 0.3 is 6.09 Å². The number of carbonyl (C=O) groups is 1. The van der Waals surface area contributed by atoms with Gasteiger partial charge in [0.05, 0.1) is 5.88 Å². The summed E-state index contributed by atoms with van der Waals surface area (Å²) in [5.74, 6) is 1.79. The van der Waals surface area contributed by atoms with E-state index in [1.165, 1.54) is 5.56 Å². The Bertz CT molecular complexity index is 519. The predicted octanol–water partition coefficient (Wildman–Crippen LogP) is 4.42. The van der Waals surface area contributed by atoms with Crippen LogP contribution < -0.4 is 4.74 Å². The number of likely N-dealkylation sites (tertiary alicyclic amines) is 1. The van der Waals surface area contributed by atoms with E-state index < -0.39 is 5.60 Å². The maximum absolute atomic E-state index is 12.1. The van der Waals surface area contributed by atoms with E-state index in [9.17, 15) is 4.79 Å². The molecule has 5 heteroatoms. The van der Waals surface area contributed by atoms with Gasteiger partial charge in [-0.05, 0) is 51.2 Å². The van der Waals surface area contributed by atoms with Crippen molar-refractivity contribution in [2.75, 3.05) is 25.6 Å². The van der Waals surface area contributed by atoms with Crippen molar-refractivity contribution < 1.29 is 14.3 Å². The fraction of sp³-hybridized carbons (Fsp3) is 0.611. The largest absolute Gasteiger partial charge is 0.492 e. The van der Waals surface area contributed by atoms with E-state index in [1.807, 2.05) is 39.0 Å². The highest BCUT2D eigenvalue weighted by atomic mass is 35.5. The number of nitrogens with zero attached hydrogens (tertiary/aromatic N) is 1. The molecule has 0 spiro atoms. The van der Waals surface area contributed by atoms with Gasteiger partial charge in [-0.25, -0.2) is 4.79 Å². The molecule has 1 aliphatic heterocycles. The lowest BCUT2D eigenvalue weighted by Crippen LogP contribution is -2.41. The van der Waals surface area contributed by atoms with Crippen molar-refractivity contribution in [3.8, 4) is 5.75 Å². The van der Waals surface area contributed by atoms with Crippen LogP contribution in [0, 0.1) is 0 Å². The van der Waals surface area contributed by atoms with Gasteiger partial charge in [0, 0.05) is 13.1 Å². The van der Waals surface area contributed by atoms with Gasteiger partial charge in [-0.15, -0.1) is 11.6 Å². The van der Waals surface area contributed by atoms with Crippen LogP contribution in [0.2, 0.25) is 0 Å². The number of amides is 1. The number of hydrogen-bond acceptors (Lipinski definition) is 3. The van der Waals surface area contributed by atoms with Crippen molar-refractivity contribution in [2.45, 2.75) is 45.1 Å². The van der Waals surface area contributed by atoms with Crippen molar-refractivity contribution in [3.05, 3.63) is 29.8 Å². The van der Waals surface area contributed by atoms with Crippen molar-refractivity contribution in [3.63, 3.8) is 0 Å². The highest BCUT2D eigenvalue weighted by molar-refractivity contribution is 6.18. The first-order valence-corrected chi connectivity index (χ1v) is 8.70. The molecule has 0 unspecified atom stereocenters. The van der Waals surface area contributed by atoms with Gasteiger partial charge in [-0.3, -0.25) is 0 Å². The summed E-state index contributed by atoms with van der Waals surface area (Å²) in [7, 11) is 0. The molecule has 1 saturated heterocycles. The predicted molar refractivity (Wildman–Crippen MR) is 92.4 cm³/mol. The zero-order valence-electron chi connectivity index (χ0n) is 14.2. The second-order valence-corrected chi connectivity index (χ2v) is 7.19. The fourth-order valence-corrected chi connectivity index (χ4v) is 2.87. The van der Waals surface area contributed by atoms with Crippen molar-refractivity contribution >= 4 is 17.7 Å². The molecule has 0 bridgehead atoms. The second-order valence-electron chi connectivity index (χ2n) is 6.82. The maximum atomic E-state index is 12.1. The average Bonchev–Trinajstić information content (AvgIpc) is 2.52. The number of benzene rings is 1. The summed E-state index contributed by atoms with van der Waals surface area (Å²) in [6, 6.07) is 8.10. The normalized spacial score (nSPS) is 16.3. The molecule has 0 radical (unpaired) electrons. The summed E-state index contributed by atoms with van der Waals surface area (Å²) >= 11 is 5.71. The van der Waals surface area contributed by atoms with E-state index in [1.54, 1.807) is 4.90 Å². The Kier molecular flexibility index (Phi) is 6.17. The molecular formula is C18H26ClNO3. The first-order valence-electron chi connectivity index (χ1n) is 8.16. The van der Waals surface area contributed by atoms with Crippen LogP contribution in [-0.4, -0.2) is 42.2 Å². The van der Waals surface area contributed by atoms with Crippen LogP contribution in [0.1, 0.15) is 45.1 Å². The van der Waals surface area contributed by atoms with Crippen LogP contribution in [0.4, 0.5) is 4.79 Å². The van der Waals surface area contributed by atoms with Crippen LogP contribution in [0.3, 0.4) is 0 Å². The molecule has 0 saturated carbocycles. The molecule has 128 valence electrons. The number of carbonyl (C=O) groups excluding carboxylic acids is 1. The van der Waals surface area contributed by atoms with E-state index in [4.69, 9.17) is 21.1 Å². The second kappa shape index (κ2) is 7.91. The molecule has 4 nitrogen and oxygen atoms in total. The molecule has 0 atom stereocenters. The van der Waals surface area contributed by atoms with E-state index in [2.05, 4.69) is 6.07 Å². The van der Waals surface area contributed by atoms with Crippen molar-refractivity contribution in [2.24, 2.45) is 0 Å². The Morgan fingerprint density at radius 1 is 1.26 bits per heavy atom. The number of para-hydroxylation sites is 1. The third-order valence-electron chi connectivity index (χ3n) is 3.84. The number of halogens is 1. The van der Waals surface area contributed by atoms with Gasteiger partial charge in [0.15, 0.2) is 0 Å². The van der Waals surface area contributed by atoms with Gasteiger partial charge in [0.2, 0.25) is 0 Å². The lowest BCUT2D eigenvalue weighted by Gasteiger charge is -2.34. The molecule has 0 N–H and O–H groups in total. The maximum Gasteiger partial charge on any atom is 0.410 e. The molecule has 0 aromatic heterocycles. The lowest BCUT2D eigenvalue weighted by molar-refractivity contribution is 0.0204. The van der Waals surface area contributed by atoms with E-state index >= 15 is 0 Å². The minimum absolute atomic E-state index is 0.220. The molecule has 1 aromatic carbocycles. The van der Waals surface area contributed by atoms with Crippen LogP contribution in [0.5, 0.6) is 5.75 Å². The van der Waals surface area contributed by atoms with E-state index in [0.717, 1.165) is 18.6 Å². The molecule has 2 rings (SSSR count). The quantitative estimate of drug-likeness (QED) is 0.762. The molecule has 1 aromatic rings. The topological polar surface area (TPSA) is 38.8 Å². The third-order valence-corrected chi connectivity index (χ3v) is 3.99. The standard InChI is InChI=1S/C18H26ClNO3/c1-18(2,3)23-17(21)20-11-8-14(9-12-20)15-6-4-5-7-16(15)22-13-10-19/h4-7,14H,8-13H2,1-3H3. The van der Waals surface area contributed by atoms with Crippen LogP contribution in [0.15, 0.2) is 24.3 Å². The summed E-state index contributed by atoms with van der Waals surface area (Å²) < 4.78 is 11.2. The van der Waals surface area contributed by atoms with Gasteiger partial charge < -0.3 is 14.4 Å². The molecular weight excluding hydrogens is 314 g/mol. The minimum atomic E-state index is -0.448. The van der Waals surface area contributed by atoms with Crippen molar-refractivity contribution in [1.82, 2.24) is 4.90 Å². The molecule has 1 amide bonds. The van der Waals surface area contributed by atoms with Crippen LogP contribution >= 0.6 is 11.6 Å². The van der Waals surface area contributed by atoms with Gasteiger partial charge in [-0.1, -0.05) is 18.2 Å². The molecule has 1 heterocycles. The number of hydrogen-bond donors (Lipinski definition) is 0. The van der Waals surface area contributed by atoms with Gasteiger partial charge in [0.1, 0.15) is 18.0 Å². The summed E-state index contributed by atoms with van der Waals surface area (Å²) in [5, 5.41) is 0. The molecule has 1 aliphatic rings. The zero-order chi connectivity index (χ0) is 16.9. The SMILES string of the molecule is CC(C)(C)OC(=O)N1CCC(c2ccccc2OCCCl)CC1. The Hall–Kier alpha value is -1.42. The third kappa shape index (κ3) is 5.31. The summed E-state index contributed by atoms with van der Waals surface area (Å²) in [6.07, 6.45) is 1.61. The number of rotatable bonds is 4. The monoisotopic (exact) mass is 339 g/mol. The highest BCUT2D eigenvalue weighted by Crippen LogP contribution is 2.34. The fourth-order valence-electron chi connectivity index (χ4n) is 2.80. The number of piperidine rings is 1. The summed E-state index contributed by atoms with van der Waals surface area (Å²) in [4.78, 5) is 13.9. The molecule has 1 fully saturated rings. The van der Waals surface area contributed by atoms with E-state index in [0.29, 0.717) is 31.5 Å². The number of alkyl halides is 1. The zero-order valence-corrected chi connectivity index (χ0v) is 14.9. The Labute approximate surface area is 143 Å². The Morgan fingerprint density at radius 2 is 1.91 bits per heavy atom. The first kappa shape index (κ1) is 17.9. The van der Waals surface area contributed by atoms with Crippen LogP contribution in [0.25, 0.3) is 0 Å². The first-order chi connectivity index (χ1) is 10.9. The van der Waals surface area contributed by atoms with E-state index in [-0.39, 0.29) is 6.09 Å². The van der Waals surface area contributed by atoms with Gasteiger partial charge in [-0.2, -0.15) is 0 Å². The van der Waals surface area contributed by atoms with Gasteiger partial charge in [0.25, 0.3) is 0 Å². The lowest BCUT2D eigenvalue weighted by atomic mass is 9.89. The molecule has 23 heavy (non-hydrogen) atoms. The number of ether oxygens (including phenoxy) is 2. The minimum Gasteiger partial charge on any atom is -0.492 e. The highest BCUT2D eigenvalue weighted by Gasteiger charge is 2.28. The Balaban J connectivity index is 1.95. The van der Waals surface area contributed by atoms with Crippen LogP contribution in [-0.2, 0) is 4.74 Å². The Morgan fingerprint density at radius 3 is 2.52 bits per heavy atom.